The molecule has 3 heteroatoms. The summed E-state index contributed by atoms with van der Waals surface area (Å²) in [5.74, 6) is 3.41. The number of hydrogen-bond acceptors (Lipinski definition) is 3. The Bertz CT molecular complexity index is 730. The molecule has 0 heterocycles. The van der Waals surface area contributed by atoms with Crippen LogP contribution in [-0.4, -0.2) is 21.3 Å². The van der Waals surface area contributed by atoms with E-state index in [0.29, 0.717) is 5.92 Å². The maximum Gasteiger partial charge on any atom is 0.126 e. The first-order chi connectivity index (χ1) is 11.9. The van der Waals surface area contributed by atoms with Crippen molar-refractivity contribution in [3.8, 4) is 17.2 Å². The molecule has 2 aromatic rings. The van der Waals surface area contributed by atoms with E-state index in [-0.39, 0.29) is 5.92 Å². The molecule has 25 heavy (non-hydrogen) atoms. The van der Waals surface area contributed by atoms with Gasteiger partial charge < -0.3 is 14.2 Å². The molecule has 0 aliphatic carbocycles. The first kappa shape index (κ1) is 19.2. The summed E-state index contributed by atoms with van der Waals surface area (Å²) in [5, 5.41) is 0. The standard InChI is InChI=1S/C22H30O3/c1-13(2)19(17-9-11-18(23-6)12-10-17)20-16(5)21(24-7)14(3)15(4)22(20)25-8/h9-13,19H,1-8H3. The number of rotatable bonds is 6. The maximum absolute atomic E-state index is 5.85. The van der Waals surface area contributed by atoms with Gasteiger partial charge in [-0.3, -0.25) is 0 Å². The van der Waals surface area contributed by atoms with Crippen LogP contribution in [0.3, 0.4) is 0 Å². The molecule has 0 fully saturated rings. The Morgan fingerprint density at radius 2 is 1.20 bits per heavy atom. The molecule has 2 rings (SSSR count). The topological polar surface area (TPSA) is 27.7 Å². The van der Waals surface area contributed by atoms with Crippen molar-refractivity contribution in [3.63, 3.8) is 0 Å². The van der Waals surface area contributed by atoms with Crippen molar-refractivity contribution >= 4 is 0 Å². The van der Waals surface area contributed by atoms with E-state index in [0.717, 1.165) is 33.9 Å². The van der Waals surface area contributed by atoms with E-state index in [1.807, 2.05) is 12.1 Å². The minimum absolute atomic E-state index is 0.217. The van der Waals surface area contributed by atoms with Gasteiger partial charge in [-0.15, -0.1) is 0 Å². The molecule has 0 aliphatic heterocycles. The van der Waals surface area contributed by atoms with Gasteiger partial charge in [0.05, 0.1) is 21.3 Å². The molecule has 0 aliphatic rings. The molecule has 1 unspecified atom stereocenters. The number of methoxy groups -OCH3 is 3. The SMILES string of the molecule is COc1ccc(C(c2c(C)c(OC)c(C)c(C)c2OC)C(C)C)cc1. The fourth-order valence-corrected chi connectivity index (χ4v) is 3.76. The molecule has 0 bridgehead atoms. The van der Waals surface area contributed by atoms with Gasteiger partial charge in [0.2, 0.25) is 0 Å². The van der Waals surface area contributed by atoms with Crippen LogP contribution in [-0.2, 0) is 0 Å². The van der Waals surface area contributed by atoms with E-state index >= 15 is 0 Å². The zero-order valence-electron chi connectivity index (χ0n) is 16.7. The molecule has 0 saturated heterocycles. The highest BCUT2D eigenvalue weighted by atomic mass is 16.5. The van der Waals surface area contributed by atoms with Crippen LogP contribution in [0.2, 0.25) is 0 Å². The smallest absolute Gasteiger partial charge is 0.126 e. The average molecular weight is 342 g/mol. The maximum atomic E-state index is 5.85. The van der Waals surface area contributed by atoms with Crippen LogP contribution in [0, 0.1) is 26.7 Å². The summed E-state index contributed by atoms with van der Waals surface area (Å²) in [6.45, 7) is 10.8. The van der Waals surface area contributed by atoms with Gasteiger partial charge in [-0.25, -0.2) is 0 Å². The summed E-state index contributed by atoms with van der Waals surface area (Å²) in [7, 11) is 5.18. The summed E-state index contributed by atoms with van der Waals surface area (Å²) < 4.78 is 16.9. The highest BCUT2D eigenvalue weighted by Gasteiger charge is 2.28. The van der Waals surface area contributed by atoms with Crippen molar-refractivity contribution in [1.82, 2.24) is 0 Å². The second-order valence-corrected chi connectivity index (χ2v) is 6.85. The summed E-state index contributed by atoms with van der Waals surface area (Å²) >= 11 is 0. The lowest BCUT2D eigenvalue weighted by atomic mass is 9.78. The van der Waals surface area contributed by atoms with E-state index in [9.17, 15) is 0 Å². The largest absolute Gasteiger partial charge is 0.497 e. The van der Waals surface area contributed by atoms with Crippen molar-refractivity contribution < 1.29 is 14.2 Å². The molecule has 0 amide bonds. The Hall–Kier alpha value is -2.16. The normalized spacial score (nSPS) is 12.2. The van der Waals surface area contributed by atoms with Crippen LogP contribution in [0.25, 0.3) is 0 Å². The van der Waals surface area contributed by atoms with Gasteiger partial charge in [-0.1, -0.05) is 26.0 Å². The Balaban J connectivity index is 2.75. The fourth-order valence-electron chi connectivity index (χ4n) is 3.76. The van der Waals surface area contributed by atoms with Gasteiger partial charge >= 0.3 is 0 Å². The summed E-state index contributed by atoms with van der Waals surface area (Å²) in [6, 6.07) is 8.32. The lowest BCUT2D eigenvalue weighted by molar-refractivity contribution is 0.384. The van der Waals surface area contributed by atoms with Crippen LogP contribution in [0.15, 0.2) is 24.3 Å². The van der Waals surface area contributed by atoms with Crippen LogP contribution in [0.5, 0.6) is 17.2 Å². The molecular weight excluding hydrogens is 312 g/mol. The molecular formula is C22H30O3. The fraction of sp³-hybridized carbons (Fsp3) is 0.455. The predicted molar refractivity (Wildman–Crippen MR) is 103 cm³/mol. The van der Waals surface area contributed by atoms with E-state index in [1.165, 1.54) is 11.1 Å². The lowest BCUT2D eigenvalue weighted by Crippen LogP contribution is -2.14. The number of benzene rings is 2. The van der Waals surface area contributed by atoms with Crippen molar-refractivity contribution in [2.24, 2.45) is 5.92 Å². The Morgan fingerprint density at radius 3 is 1.64 bits per heavy atom. The predicted octanol–water partition coefficient (Wildman–Crippen LogP) is 5.43. The summed E-state index contributed by atoms with van der Waals surface area (Å²) in [5.41, 5.74) is 5.89. The lowest BCUT2D eigenvalue weighted by Gasteiger charge is -2.29. The second kappa shape index (κ2) is 7.81. The summed E-state index contributed by atoms with van der Waals surface area (Å²) in [4.78, 5) is 0. The van der Waals surface area contributed by atoms with Gasteiger partial charge in [0.1, 0.15) is 17.2 Å². The van der Waals surface area contributed by atoms with Crippen molar-refractivity contribution in [2.45, 2.75) is 40.5 Å². The Labute approximate surface area is 151 Å². The molecule has 0 radical (unpaired) electrons. The molecule has 1 atom stereocenters. The van der Waals surface area contributed by atoms with E-state index in [1.54, 1.807) is 21.3 Å². The van der Waals surface area contributed by atoms with E-state index in [2.05, 4.69) is 46.8 Å². The van der Waals surface area contributed by atoms with Crippen molar-refractivity contribution in [1.29, 1.82) is 0 Å². The van der Waals surface area contributed by atoms with Gasteiger partial charge in [0.25, 0.3) is 0 Å². The molecule has 0 aromatic heterocycles. The van der Waals surface area contributed by atoms with Gasteiger partial charge in [-0.05, 0) is 61.1 Å². The van der Waals surface area contributed by atoms with Crippen LogP contribution >= 0.6 is 0 Å². The minimum atomic E-state index is 0.217. The molecule has 3 nitrogen and oxygen atoms in total. The van der Waals surface area contributed by atoms with Crippen molar-refractivity contribution in [2.75, 3.05) is 21.3 Å². The van der Waals surface area contributed by atoms with Gasteiger partial charge in [0, 0.05) is 11.5 Å². The monoisotopic (exact) mass is 342 g/mol. The average Bonchev–Trinajstić information content (AvgIpc) is 2.60. The minimum Gasteiger partial charge on any atom is -0.497 e. The zero-order valence-corrected chi connectivity index (χ0v) is 16.7. The molecule has 0 spiro atoms. The number of ether oxygens (including phenoxy) is 3. The molecule has 136 valence electrons. The van der Waals surface area contributed by atoms with Crippen LogP contribution in [0.4, 0.5) is 0 Å². The third kappa shape index (κ3) is 3.46. The summed E-state index contributed by atoms with van der Waals surface area (Å²) in [6.07, 6.45) is 0. The quantitative estimate of drug-likeness (QED) is 0.701. The second-order valence-electron chi connectivity index (χ2n) is 6.85. The van der Waals surface area contributed by atoms with Gasteiger partial charge in [-0.2, -0.15) is 0 Å². The highest BCUT2D eigenvalue weighted by molar-refractivity contribution is 5.61. The first-order valence-corrected chi connectivity index (χ1v) is 8.72. The molecule has 0 N–H and O–H groups in total. The van der Waals surface area contributed by atoms with Crippen LogP contribution < -0.4 is 14.2 Å². The number of hydrogen-bond donors (Lipinski definition) is 0. The van der Waals surface area contributed by atoms with E-state index in [4.69, 9.17) is 14.2 Å². The Morgan fingerprint density at radius 1 is 0.680 bits per heavy atom. The first-order valence-electron chi connectivity index (χ1n) is 8.72. The molecule has 0 saturated carbocycles. The Kier molecular flexibility index (Phi) is 5.99. The molecule has 2 aromatic carbocycles. The van der Waals surface area contributed by atoms with E-state index < -0.39 is 0 Å². The third-order valence-corrected chi connectivity index (χ3v) is 5.09. The van der Waals surface area contributed by atoms with Gasteiger partial charge in [0.15, 0.2) is 0 Å². The highest BCUT2D eigenvalue weighted by Crippen LogP contribution is 2.46. The van der Waals surface area contributed by atoms with Crippen LogP contribution in [0.1, 0.15) is 47.6 Å². The van der Waals surface area contributed by atoms with Crippen molar-refractivity contribution in [3.05, 3.63) is 52.1 Å². The zero-order chi connectivity index (χ0) is 18.7. The third-order valence-electron chi connectivity index (χ3n) is 5.09.